The Kier molecular flexibility index (Phi) is 8.30. The van der Waals surface area contributed by atoms with Crippen molar-refractivity contribution in [2.45, 2.75) is 44.2 Å². The van der Waals surface area contributed by atoms with Crippen molar-refractivity contribution in [1.29, 1.82) is 0 Å². The highest BCUT2D eigenvalue weighted by Gasteiger charge is 2.36. The number of hydrogen-bond donors (Lipinski definition) is 1. The van der Waals surface area contributed by atoms with Gasteiger partial charge in [0.25, 0.3) is 0 Å². The Morgan fingerprint density at radius 3 is 2.21 bits per heavy atom. The minimum atomic E-state index is -0.0649. The van der Waals surface area contributed by atoms with E-state index < -0.39 is 0 Å². The molecule has 1 heterocycles. The Labute approximate surface area is 229 Å². The molecule has 0 bridgehead atoms. The highest BCUT2D eigenvalue weighted by Crippen LogP contribution is 2.28. The zero-order chi connectivity index (χ0) is 26.3. The van der Waals surface area contributed by atoms with Gasteiger partial charge in [-0.25, -0.2) is 0 Å². The fraction of sp³-hybridized carbons (Fsp3) is 0.242. The zero-order valence-electron chi connectivity index (χ0n) is 21.3. The van der Waals surface area contributed by atoms with Crippen LogP contribution in [0.3, 0.4) is 0 Å². The maximum Gasteiger partial charge on any atom is 0.223 e. The van der Waals surface area contributed by atoms with Gasteiger partial charge in [0.05, 0.1) is 6.54 Å². The van der Waals surface area contributed by atoms with E-state index in [-0.39, 0.29) is 23.8 Å². The Hall–Kier alpha value is -3.76. The summed E-state index contributed by atoms with van der Waals surface area (Å²) in [6.07, 6.45) is 3.29. The molecule has 38 heavy (non-hydrogen) atoms. The summed E-state index contributed by atoms with van der Waals surface area (Å²) in [6.45, 7) is 0.561. The van der Waals surface area contributed by atoms with Gasteiger partial charge in [-0.15, -0.1) is 0 Å². The first-order chi connectivity index (χ1) is 18.5. The lowest BCUT2D eigenvalue weighted by Crippen LogP contribution is -2.37. The van der Waals surface area contributed by atoms with Crippen molar-refractivity contribution in [1.82, 2.24) is 4.90 Å². The number of carbonyl (C=O) groups excluding carboxylic acids is 1. The summed E-state index contributed by atoms with van der Waals surface area (Å²) in [5.41, 5.74) is 4.59. The van der Waals surface area contributed by atoms with E-state index in [1.807, 2.05) is 41.3 Å². The topological polar surface area (TPSA) is 49.8 Å². The van der Waals surface area contributed by atoms with Gasteiger partial charge in [0.15, 0.2) is 0 Å². The highest BCUT2D eigenvalue weighted by atomic mass is 35.5. The van der Waals surface area contributed by atoms with E-state index >= 15 is 0 Å². The average molecular weight is 526 g/mol. The van der Waals surface area contributed by atoms with Gasteiger partial charge in [-0.2, -0.15) is 0 Å². The van der Waals surface area contributed by atoms with Gasteiger partial charge in [0.1, 0.15) is 17.6 Å². The van der Waals surface area contributed by atoms with Crippen molar-refractivity contribution in [3.8, 4) is 11.5 Å². The van der Waals surface area contributed by atoms with Gasteiger partial charge in [-0.05, 0) is 65.8 Å². The van der Waals surface area contributed by atoms with Gasteiger partial charge in [-0.3, -0.25) is 4.79 Å². The molecule has 1 aliphatic heterocycles. The number of benzene rings is 4. The summed E-state index contributed by atoms with van der Waals surface area (Å²) in [7, 11) is 0. The molecule has 1 aliphatic rings. The molecule has 1 fully saturated rings. The van der Waals surface area contributed by atoms with Crippen molar-refractivity contribution < 1.29 is 14.6 Å². The molecule has 1 saturated heterocycles. The van der Waals surface area contributed by atoms with Crippen LogP contribution < -0.4 is 4.74 Å². The predicted octanol–water partition coefficient (Wildman–Crippen LogP) is 6.86. The number of amides is 1. The van der Waals surface area contributed by atoms with Crippen LogP contribution in [0.15, 0.2) is 103 Å². The first-order valence-electron chi connectivity index (χ1n) is 13.1. The van der Waals surface area contributed by atoms with Gasteiger partial charge in [0, 0.05) is 23.9 Å². The van der Waals surface area contributed by atoms with Crippen LogP contribution in [0.2, 0.25) is 5.02 Å². The number of ether oxygens (including phenoxy) is 1. The third-order valence-electron chi connectivity index (χ3n) is 7.13. The molecule has 0 unspecified atom stereocenters. The summed E-state index contributed by atoms with van der Waals surface area (Å²) in [5.74, 6) is 1.05. The van der Waals surface area contributed by atoms with E-state index in [0.29, 0.717) is 24.4 Å². The molecular formula is C33H32ClNO3. The lowest BCUT2D eigenvalue weighted by Gasteiger charge is -2.24. The lowest BCUT2D eigenvalue weighted by atomic mass is 10.0. The second-order valence-electron chi connectivity index (χ2n) is 9.95. The average Bonchev–Trinajstić information content (AvgIpc) is 3.32. The maximum absolute atomic E-state index is 13.4. The highest BCUT2D eigenvalue weighted by molar-refractivity contribution is 6.31. The fourth-order valence-electron chi connectivity index (χ4n) is 5.18. The molecule has 0 radical (unpaired) electrons. The maximum atomic E-state index is 13.4. The monoisotopic (exact) mass is 525 g/mol. The number of nitrogens with zero attached hydrogens (tertiary/aromatic N) is 1. The lowest BCUT2D eigenvalue weighted by molar-refractivity contribution is -0.132. The third-order valence-corrected chi connectivity index (χ3v) is 7.48. The van der Waals surface area contributed by atoms with Crippen molar-refractivity contribution in [3.05, 3.63) is 130 Å². The van der Waals surface area contributed by atoms with Crippen LogP contribution in [-0.2, 0) is 24.1 Å². The number of likely N-dealkylation sites (tertiary alicyclic amines) is 1. The smallest absolute Gasteiger partial charge is 0.223 e. The molecule has 4 aromatic carbocycles. The van der Waals surface area contributed by atoms with Crippen LogP contribution in [-0.4, -0.2) is 34.6 Å². The molecule has 0 aromatic heterocycles. The van der Waals surface area contributed by atoms with Crippen LogP contribution >= 0.6 is 11.6 Å². The van der Waals surface area contributed by atoms with E-state index in [1.54, 1.807) is 12.1 Å². The van der Waals surface area contributed by atoms with E-state index in [9.17, 15) is 9.90 Å². The number of phenols is 1. The first-order valence-corrected chi connectivity index (χ1v) is 13.5. The molecule has 2 atom stereocenters. The van der Waals surface area contributed by atoms with Crippen molar-refractivity contribution in [3.63, 3.8) is 0 Å². The number of aromatic hydroxyl groups is 1. The normalized spacial score (nSPS) is 16.9. The number of hydrogen-bond acceptors (Lipinski definition) is 3. The summed E-state index contributed by atoms with van der Waals surface area (Å²) >= 11 is 6.27. The van der Waals surface area contributed by atoms with E-state index in [2.05, 4.69) is 48.5 Å². The minimum absolute atomic E-state index is 0.0649. The molecular weight excluding hydrogens is 494 g/mol. The Bertz CT molecular complexity index is 1340. The second-order valence-corrected chi connectivity index (χ2v) is 10.4. The van der Waals surface area contributed by atoms with Crippen molar-refractivity contribution >= 4 is 17.5 Å². The van der Waals surface area contributed by atoms with Crippen molar-refractivity contribution in [2.24, 2.45) is 0 Å². The first kappa shape index (κ1) is 25.9. The fourth-order valence-corrected chi connectivity index (χ4v) is 5.45. The quantitative estimate of drug-likeness (QED) is 0.260. The second kappa shape index (κ2) is 12.2. The van der Waals surface area contributed by atoms with Crippen LogP contribution in [0.1, 0.15) is 35.1 Å². The summed E-state index contributed by atoms with van der Waals surface area (Å²) in [4.78, 5) is 15.4. The molecule has 4 nitrogen and oxygen atoms in total. The Morgan fingerprint density at radius 1 is 0.868 bits per heavy atom. The van der Waals surface area contributed by atoms with Gasteiger partial charge in [0.2, 0.25) is 5.91 Å². The van der Waals surface area contributed by atoms with Crippen LogP contribution in [0.5, 0.6) is 11.5 Å². The zero-order valence-corrected chi connectivity index (χ0v) is 22.1. The van der Waals surface area contributed by atoms with Crippen LogP contribution in [0.4, 0.5) is 0 Å². The SMILES string of the molecule is O=C(CCc1ccc(O)cc1Cl)N1C[C@@H](Oc2ccc(Cc3ccccc3)cc2)C[C@H]1Cc1ccccc1. The van der Waals surface area contributed by atoms with Gasteiger partial charge < -0.3 is 14.7 Å². The van der Waals surface area contributed by atoms with Crippen LogP contribution in [0.25, 0.3) is 0 Å². The number of aryl methyl sites for hydroxylation is 1. The molecule has 1 amide bonds. The third kappa shape index (κ3) is 6.76. The molecule has 194 valence electrons. The minimum Gasteiger partial charge on any atom is -0.508 e. The van der Waals surface area contributed by atoms with Gasteiger partial charge in [-0.1, -0.05) is 90.5 Å². The molecule has 0 spiro atoms. The van der Waals surface area contributed by atoms with E-state index in [0.717, 1.165) is 30.6 Å². The summed E-state index contributed by atoms with van der Waals surface area (Å²) in [5, 5.41) is 10.1. The molecule has 5 heteroatoms. The van der Waals surface area contributed by atoms with Crippen LogP contribution in [0, 0.1) is 0 Å². The van der Waals surface area contributed by atoms with Gasteiger partial charge >= 0.3 is 0 Å². The molecule has 0 saturated carbocycles. The molecule has 4 aromatic rings. The number of carbonyl (C=O) groups is 1. The largest absolute Gasteiger partial charge is 0.508 e. The summed E-state index contributed by atoms with van der Waals surface area (Å²) in [6, 6.07) is 34.0. The standard InChI is InChI=1S/C33H32ClNO3/c34-32-22-29(36)15-13-27(32)14-18-33(37)35-23-31(21-28(35)20-25-9-5-2-6-10-25)38-30-16-11-26(12-17-30)19-24-7-3-1-4-8-24/h1-13,15-17,22,28,31,36H,14,18-21,23H2/t28-,31+/m1/s1. The Morgan fingerprint density at radius 2 is 1.53 bits per heavy atom. The predicted molar refractivity (Wildman–Crippen MR) is 152 cm³/mol. The molecule has 1 N–H and O–H groups in total. The summed E-state index contributed by atoms with van der Waals surface area (Å²) < 4.78 is 6.38. The molecule has 5 rings (SSSR count). The number of rotatable bonds is 9. The molecule has 0 aliphatic carbocycles. The van der Waals surface area contributed by atoms with E-state index in [1.165, 1.54) is 22.8 Å². The number of halogens is 1. The van der Waals surface area contributed by atoms with E-state index in [4.69, 9.17) is 16.3 Å². The van der Waals surface area contributed by atoms with Crippen molar-refractivity contribution in [2.75, 3.05) is 6.54 Å². The number of phenolic OH excluding ortho intramolecular Hbond substituents is 1. The Balaban J connectivity index is 1.24.